The molecule has 0 radical (unpaired) electrons. The number of halogens is 1. The summed E-state index contributed by atoms with van der Waals surface area (Å²) in [5.74, 6) is 3.14. The van der Waals surface area contributed by atoms with Crippen LogP contribution in [-0.4, -0.2) is 25.7 Å². The van der Waals surface area contributed by atoms with Crippen molar-refractivity contribution in [1.82, 2.24) is 0 Å². The van der Waals surface area contributed by atoms with E-state index in [9.17, 15) is 0 Å². The lowest BCUT2D eigenvalue weighted by atomic mass is 10.2. The van der Waals surface area contributed by atoms with Crippen LogP contribution in [0.3, 0.4) is 0 Å². The third kappa shape index (κ3) is 4.14. The molecule has 4 heteroatoms. The Morgan fingerprint density at radius 1 is 1.31 bits per heavy atom. The van der Waals surface area contributed by atoms with Crippen LogP contribution in [0.1, 0.15) is 12.0 Å². The van der Waals surface area contributed by atoms with E-state index in [4.69, 9.17) is 21.1 Å². The van der Waals surface area contributed by atoms with Crippen LogP contribution in [0.2, 0.25) is 0 Å². The number of thioether (sulfide) groups is 1. The van der Waals surface area contributed by atoms with Crippen molar-refractivity contribution in [2.45, 2.75) is 12.3 Å². The summed E-state index contributed by atoms with van der Waals surface area (Å²) in [6, 6.07) is 5.77. The van der Waals surface area contributed by atoms with Crippen LogP contribution in [0, 0.1) is 0 Å². The highest BCUT2D eigenvalue weighted by atomic mass is 35.5. The molecule has 2 nitrogen and oxygen atoms in total. The first kappa shape index (κ1) is 13.5. The van der Waals surface area contributed by atoms with E-state index in [0.29, 0.717) is 12.5 Å². The van der Waals surface area contributed by atoms with Crippen molar-refractivity contribution in [1.29, 1.82) is 0 Å². The zero-order valence-electron chi connectivity index (χ0n) is 9.66. The monoisotopic (exact) mass is 260 g/mol. The van der Waals surface area contributed by atoms with E-state index in [2.05, 4.69) is 6.26 Å². The second-order valence-electron chi connectivity index (χ2n) is 3.31. The van der Waals surface area contributed by atoms with E-state index in [-0.39, 0.29) is 0 Å². The summed E-state index contributed by atoms with van der Waals surface area (Å²) in [4.78, 5) is 0. The molecule has 0 aliphatic rings. The highest BCUT2D eigenvalue weighted by Crippen LogP contribution is 2.28. The summed E-state index contributed by atoms with van der Waals surface area (Å²) in [5, 5.41) is 0. The summed E-state index contributed by atoms with van der Waals surface area (Å²) in [6.45, 7) is 0.711. The molecule has 0 unspecified atom stereocenters. The molecule has 0 bridgehead atoms. The van der Waals surface area contributed by atoms with E-state index < -0.39 is 0 Å². The molecule has 0 N–H and O–H groups in total. The largest absolute Gasteiger partial charge is 0.493 e. The van der Waals surface area contributed by atoms with Gasteiger partial charge in [-0.05, 0) is 36.1 Å². The zero-order valence-corrected chi connectivity index (χ0v) is 11.2. The fraction of sp³-hybridized carbons (Fsp3) is 0.500. The van der Waals surface area contributed by atoms with Crippen molar-refractivity contribution in [3.05, 3.63) is 23.8 Å². The zero-order chi connectivity index (χ0) is 11.8. The van der Waals surface area contributed by atoms with Crippen LogP contribution < -0.4 is 9.47 Å². The standard InChI is InChI=1S/C12H17ClO2S/c1-14-11-5-4-10(9-13)8-12(11)15-6-3-7-16-2/h4-5,8H,3,6-7,9H2,1-2H3. The predicted molar refractivity (Wildman–Crippen MR) is 71.0 cm³/mol. The Morgan fingerprint density at radius 2 is 2.12 bits per heavy atom. The lowest BCUT2D eigenvalue weighted by Crippen LogP contribution is -2.00. The van der Waals surface area contributed by atoms with Crippen LogP contribution in [0.4, 0.5) is 0 Å². The maximum absolute atomic E-state index is 5.78. The Labute approximate surface area is 106 Å². The van der Waals surface area contributed by atoms with Crippen molar-refractivity contribution in [3.8, 4) is 11.5 Å². The minimum Gasteiger partial charge on any atom is -0.493 e. The molecule has 0 aromatic heterocycles. The number of rotatable bonds is 7. The number of ether oxygens (including phenoxy) is 2. The normalized spacial score (nSPS) is 10.2. The third-order valence-electron chi connectivity index (χ3n) is 2.13. The molecule has 0 amide bonds. The second kappa shape index (κ2) is 7.69. The minimum absolute atomic E-state index is 0.491. The van der Waals surface area contributed by atoms with Crippen LogP contribution in [0.25, 0.3) is 0 Å². The summed E-state index contributed by atoms with van der Waals surface area (Å²) in [6.07, 6.45) is 3.13. The van der Waals surface area contributed by atoms with E-state index in [0.717, 1.165) is 29.2 Å². The number of alkyl halides is 1. The van der Waals surface area contributed by atoms with Gasteiger partial charge in [0.25, 0.3) is 0 Å². The fourth-order valence-electron chi connectivity index (χ4n) is 1.30. The Kier molecular flexibility index (Phi) is 6.50. The van der Waals surface area contributed by atoms with Crippen molar-refractivity contribution >= 4 is 23.4 Å². The van der Waals surface area contributed by atoms with Gasteiger partial charge in [0.05, 0.1) is 13.7 Å². The van der Waals surface area contributed by atoms with Crippen LogP contribution in [-0.2, 0) is 5.88 Å². The van der Waals surface area contributed by atoms with Gasteiger partial charge >= 0.3 is 0 Å². The molecule has 0 heterocycles. The molecule has 0 aliphatic heterocycles. The number of benzene rings is 1. The second-order valence-corrected chi connectivity index (χ2v) is 4.57. The number of methoxy groups -OCH3 is 1. The van der Waals surface area contributed by atoms with Gasteiger partial charge in [-0.25, -0.2) is 0 Å². The van der Waals surface area contributed by atoms with Crippen molar-refractivity contribution in [3.63, 3.8) is 0 Å². The smallest absolute Gasteiger partial charge is 0.161 e. The van der Waals surface area contributed by atoms with Crippen molar-refractivity contribution < 1.29 is 9.47 Å². The maximum atomic E-state index is 5.78. The molecular formula is C12H17ClO2S. The number of hydrogen-bond acceptors (Lipinski definition) is 3. The van der Waals surface area contributed by atoms with Gasteiger partial charge in [-0.15, -0.1) is 11.6 Å². The Balaban J connectivity index is 2.60. The SMILES string of the molecule is COc1ccc(CCl)cc1OCCCSC. The Hall–Kier alpha value is -0.540. The van der Waals surface area contributed by atoms with Gasteiger partial charge in [0.15, 0.2) is 11.5 Å². The topological polar surface area (TPSA) is 18.5 Å². The van der Waals surface area contributed by atoms with E-state index >= 15 is 0 Å². The fourth-order valence-corrected chi connectivity index (χ4v) is 1.88. The predicted octanol–water partition coefficient (Wildman–Crippen LogP) is 3.57. The highest BCUT2D eigenvalue weighted by molar-refractivity contribution is 7.98. The molecule has 0 atom stereocenters. The first-order valence-electron chi connectivity index (χ1n) is 5.16. The lowest BCUT2D eigenvalue weighted by Gasteiger charge is -2.11. The molecule has 0 saturated carbocycles. The first-order chi connectivity index (χ1) is 7.81. The van der Waals surface area contributed by atoms with Crippen LogP contribution >= 0.6 is 23.4 Å². The summed E-state index contributed by atoms with van der Waals surface area (Å²) >= 11 is 7.60. The molecule has 0 spiro atoms. The summed E-state index contributed by atoms with van der Waals surface area (Å²) in [7, 11) is 1.64. The molecule has 1 aromatic rings. The molecule has 0 fully saturated rings. The molecule has 1 rings (SSSR count). The molecule has 0 saturated heterocycles. The Morgan fingerprint density at radius 3 is 2.75 bits per heavy atom. The average molecular weight is 261 g/mol. The molecule has 90 valence electrons. The first-order valence-corrected chi connectivity index (χ1v) is 7.09. The lowest BCUT2D eigenvalue weighted by molar-refractivity contribution is 0.295. The van der Waals surface area contributed by atoms with E-state index in [1.54, 1.807) is 7.11 Å². The molecule has 0 aliphatic carbocycles. The maximum Gasteiger partial charge on any atom is 0.161 e. The van der Waals surface area contributed by atoms with Gasteiger partial charge in [-0.1, -0.05) is 6.07 Å². The summed E-state index contributed by atoms with van der Waals surface area (Å²) < 4.78 is 10.9. The third-order valence-corrected chi connectivity index (χ3v) is 3.14. The van der Waals surface area contributed by atoms with Crippen LogP contribution in [0.5, 0.6) is 11.5 Å². The molecule has 1 aromatic carbocycles. The van der Waals surface area contributed by atoms with Gasteiger partial charge in [-0.2, -0.15) is 11.8 Å². The van der Waals surface area contributed by atoms with E-state index in [1.807, 2.05) is 30.0 Å². The molecule has 16 heavy (non-hydrogen) atoms. The van der Waals surface area contributed by atoms with E-state index in [1.165, 1.54) is 0 Å². The van der Waals surface area contributed by atoms with Gasteiger partial charge in [-0.3, -0.25) is 0 Å². The average Bonchev–Trinajstić information content (AvgIpc) is 2.34. The van der Waals surface area contributed by atoms with Crippen molar-refractivity contribution in [2.75, 3.05) is 25.7 Å². The highest BCUT2D eigenvalue weighted by Gasteiger charge is 2.05. The quantitative estimate of drug-likeness (QED) is 0.552. The van der Waals surface area contributed by atoms with Gasteiger partial charge in [0.2, 0.25) is 0 Å². The van der Waals surface area contributed by atoms with Crippen LogP contribution in [0.15, 0.2) is 18.2 Å². The van der Waals surface area contributed by atoms with Gasteiger partial charge < -0.3 is 9.47 Å². The van der Waals surface area contributed by atoms with Gasteiger partial charge in [0, 0.05) is 5.88 Å². The minimum atomic E-state index is 0.491. The summed E-state index contributed by atoms with van der Waals surface area (Å²) in [5.41, 5.74) is 1.04. The number of hydrogen-bond donors (Lipinski definition) is 0. The van der Waals surface area contributed by atoms with Gasteiger partial charge in [0.1, 0.15) is 0 Å². The Bertz CT molecular complexity index is 318. The molecular weight excluding hydrogens is 244 g/mol. The van der Waals surface area contributed by atoms with Crippen molar-refractivity contribution in [2.24, 2.45) is 0 Å².